The molecule has 0 fully saturated rings. The van der Waals surface area contributed by atoms with Crippen molar-refractivity contribution in [1.82, 2.24) is 9.13 Å². The van der Waals surface area contributed by atoms with Gasteiger partial charge in [-0.1, -0.05) is 26.0 Å². The summed E-state index contributed by atoms with van der Waals surface area (Å²) in [4.78, 5) is 12.0. The van der Waals surface area contributed by atoms with Crippen LogP contribution in [0.4, 0.5) is 0 Å². The van der Waals surface area contributed by atoms with E-state index < -0.39 is 0 Å². The molecule has 0 N–H and O–H groups in total. The van der Waals surface area contributed by atoms with Gasteiger partial charge in [-0.15, -0.1) is 0 Å². The van der Waals surface area contributed by atoms with Crippen LogP contribution in [-0.4, -0.2) is 9.13 Å². The van der Waals surface area contributed by atoms with E-state index in [-0.39, 0.29) is 11.7 Å². The molecule has 0 aliphatic rings. The van der Waals surface area contributed by atoms with Gasteiger partial charge >= 0.3 is 5.69 Å². The third-order valence-corrected chi connectivity index (χ3v) is 2.82. The summed E-state index contributed by atoms with van der Waals surface area (Å²) in [6.45, 7) is 10.1. The first kappa shape index (κ1) is 13.6. The molecule has 0 amide bonds. The second-order valence-electron chi connectivity index (χ2n) is 4.25. The SMILES string of the molecule is CC.Cc1cccc2c1n(C)c(=O)n2C(C)C. The molecule has 3 heteroatoms. The van der Waals surface area contributed by atoms with Crippen LogP contribution in [0.2, 0.25) is 0 Å². The number of hydrogen-bond donors (Lipinski definition) is 0. The molecule has 0 saturated carbocycles. The Bertz CT molecular complexity index is 561. The summed E-state index contributed by atoms with van der Waals surface area (Å²) in [5, 5.41) is 0. The normalized spacial score (nSPS) is 10.5. The molecule has 1 heterocycles. The van der Waals surface area contributed by atoms with Crippen LogP contribution in [0.1, 0.15) is 39.3 Å². The fraction of sp³-hybridized carbons (Fsp3) is 0.500. The Balaban J connectivity index is 0.000000686. The lowest BCUT2D eigenvalue weighted by Gasteiger charge is -2.06. The molecule has 0 spiro atoms. The van der Waals surface area contributed by atoms with Crippen LogP contribution < -0.4 is 5.69 Å². The summed E-state index contributed by atoms with van der Waals surface area (Å²) in [6, 6.07) is 6.23. The van der Waals surface area contributed by atoms with E-state index in [0.29, 0.717) is 0 Å². The Morgan fingerprint density at radius 2 is 1.76 bits per heavy atom. The maximum Gasteiger partial charge on any atom is 0.329 e. The zero-order chi connectivity index (χ0) is 13.2. The fourth-order valence-electron chi connectivity index (χ4n) is 2.13. The third-order valence-electron chi connectivity index (χ3n) is 2.82. The first-order chi connectivity index (χ1) is 8.04. The Hall–Kier alpha value is -1.51. The maximum absolute atomic E-state index is 12.0. The molecule has 0 saturated heterocycles. The van der Waals surface area contributed by atoms with Gasteiger partial charge in [0.25, 0.3) is 0 Å². The van der Waals surface area contributed by atoms with Gasteiger partial charge in [0.15, 0.2) is 0 Å². The van der Waals surface area contributed by atoms with Gasteiger partial charge in [0, 0.05) is 13.1 Å². The standard InChI is InChI=1S/C12H16N2O.C2H6/c1-8(2)14-10-7-5-6-9(3)11(10)13(4)12(14)15;1-2/h5-8H,1-4H3;1-2H3. The molecule has 0 radical (unpaired) electrons. The lowest BCUT2D eigenvalue weighted by molar-refractivity contribution is 0.583. The fourth-order valence-corrected chi connectivity index (χ4v) is 2.13. The summed E-state index contributed by atoms with van der Waals surface area (Å²) in [6.07, 6.45) is 0. The first-order valence-corrected chi connectivity index (χ1v) is 6.20. The molecule has 0 bridgehead atoms. The number of aromatic nitrogens is 2. The van der Waals surface area contributed by atoms with Gasteiger partial charge in [0.05, 0.1) is 11.0 Å². The van der Waals surface area contributed by atoms with Crippen molar-refractivity contribution in [1.29, 1.82) is 0 Å². The number of imidazole rings is 1. The molecular weight excluding hydrogens is 212 g/mol. The van der Waals surface area contributed by atoms with Crippen molar-refractivity contribution < 1.29 is 0 Å². The van der Waals surface area contributed by atoms with Gasteiger partial charge in [0.1, 0.15) is 0 Å². The number of hydrogen-bond acceptors (Lipinski definition) is 1. The first-order valence-electron chi connectivity index (χ1n) is 6.20. The molecule has 94 valence electrons. The maximum atomic E-state index is 12.0. The van der Waals surface area contributed by atoms with Crippen LogP contribution in [0, 0.1) is 6.92 Å². The molecular formula is C14H22N2O. The summed E-state index contributed by atoms with van der Waals surface area (Å²) in [5.41, 5.74) is 3.27. The van der Waals surface area contributed by atoms with Crippen molar-refractivity contribution in [2.24, 2.45) is 7.05 Å². The molecule has 1 aromatic carbocycles. The molecule has 0 atom stereocenters. The number of fused-ring (bicyclic) bond motifs is 1. The molecule has 2 rings (SSSR count). The highest BCUT2D eigenvalue weighted by atomic mass is 16.1. The van der Waals surface area contributed by atoms with E-state index in [0.717, 1.165) is 16.6 Å². The van der Waals surface area contributed by atoms with Crippen molar-refractivity contribution in [3.63, 3.8) is 0 Å². The third kappa shape index (κ3) is 2.14. The average molecular weight is 234 g/mol. The largest absolute Gasteiger partial charge is 0.329 e. The van der Waals surface area contributed by atoms with Gasteiger partial charge in [-0.2, -0.15) is 0 Å². The highest BCUT2D eigenvalue weighted by Gasteiger charge is 2.13. The van der Waals surface area contributed by atoms with Gasteiger partial charge < -0.3 is 0 Å². The lowest BCUT2D eigenvalue weighted by atomic mass is 10.2. The second-order valence-corrected chi connectivity index (χ2v) is 4.25. The zero-order valence-corrected chi connectivity index (χ0v) is 11.6. The number of para-hydroxylation sites is 1. The molecule has 0 aliphatic carbocycles. The van der Waals surface area contributed by atoms with Crippen LogP contribution in [0.15, 0.2) is 23.0 Å². The Kier molecular flexibility index (Phi) is 4.16. The van der Waals surface area contributed by atoms with E-state index in [2.05, 4.69) is 0 Å². The molecule has 0 unspecified atom stereocenters. The summed E-state index contributed by atoms with van der Waals surface area (Å²) in [7, 11) is 1.83. The smallest absolute Gasteiger partial charge is 0.295 e. The van der Waals surface area contributed by atoms with Crippen LogP contribution in [0.25, 0.3) is 11.0 Å². The van der Waals surface area contributed by atoms with Gasteiger partial charge in [0.2, 0.25) is 0 Å². The number of benzene rings is 1. The zero-order valence-electron chi connectivity index (χ0n) is 11.6. The summed E-state index contributed by atoms with van der Waals surface area (Å²) >= 11 is 0. The minimum Gasteiger partial charge on any atom is -0.295 e. The number of aryl methyl sites for hydroxylation is 2. The molecule has 0 aliphatic heterocycles. The summed E-state index contributed by atoms with van der Waals surface area (Å²) < 4.78 is 3.56. The molecule has 1 aromatic heterocycles. The monoisotopic (exact) mass is 234 g/mol. The minimum absolute atomic E-state index is 0.0642. The highest BCUT2D eigenvalue weighted by molar-refractivity contribution is 5.79. The van der Waals surface area contributed by atoms with Crippen molar-refractivity contribution >= 4 is 11.0 Å². The molecule has 17 heavy (non-hydrogen) atoms. The predicted octanol–water partition coefficient (Wildman–Crippen LogP) is 3.26. The lowest BCUT2D eigenvalue weighted by Crippen LogP contribution is -2.23. The Morgan fingerprint density at radius 1 is 1.18 bits per heavy atom. The van der Waals surface area contributed by atoms with Crippen molar-refractivity contribution in [3.05, 3.63) is 34.2 Å². The van der Waals surface area contributed by atoms with Gasteiger partial charge in [-0.3, -0.25) is 9.13 Å². The van der Waals surface area contributed by atoms with E-state index in [4.69, 9.17) is 0 Å². The molecule has 2 aromatic rings. The van der Waals surface area contributed by atoms with E-state index in [9.17, 15) is 4.79 Å². The minimum atomic E-state index is 0.0642. The second kappa shape index (κ2) is 5.21. The van der Waals surface area contributed by atoms with Crippen molar-refractivity contribution in [3.8, 4) is 0 Å². The predicted molar refractivity (Wildman–Crippen MR) is 73.6 cm³/mol. The van der Waals surface area contributed by atoms with Crippen molar-refractivity contribution in [2.45, 2.75) is 40.7 Å². The van der Waals surface area contributed by atoms with E-state index in [1.54, 1.807) is 4.57 Å². The van der Waals surface area contributed by atoms with Crippen molar-refractivity contribution in [2.75, 3.05) is 0 Å². The topological polar surface area (TPSA) is 26.9 Å². The van der Waals surface area contributed by atoms with Gasteiger partial charge in [-0.05, 0) is 32.4 Å². The average Bonchev–Trinajstić information content (AvgIpc) is 2.55. The Morgan fingerprint density at radius 3 is 2.29 bits per heavy atom. The quantitative estimate of drug-likeness (QED) is 0.744. The van der Waals surface area contributed by atoms with Crippen LogP contribution >= 0.6 is 0 Å². The number of nitrogens with zero attached hydrogens (tertiary/aromatic N) is 2. The van der Waals surface area contributed by atoms with E-state index in [1.807, 2.05) is 64.4 Å². The Labute approximate surface area is 103 Å². The van der Waals surface area contributed by atoms with Crippen LogP contribution in [0.5, 0.6) is 0 Å². The molecule has 3 nitrogen and oxygen atoms in total. The van der Waals surface area contributed by atoms with Crippen LogP contribution in [-0.2, 0) is 7.05 Å². The van der Waals surface area contributed by atoms with E-state index >= 15 is 0 Å². The van der Waals surface area contributed by atoms with E-state index in [1.165, 1.54) is 0 Å². The van der Waals surface area contributed by atoms with Crippen LogP contribution in [0.3, 0.4) is 0 Å². The highest BCUT2D eigenvalue weighted by Crippen LogP contribution is 2.19. The number of rotatable bonds is 1. The summed E-state index contributed by atoms with van der Waals surface area (Å²) in [5.74, 6) is 0. The van der Waals surface area contributed by atoms with Gasteiger partial charge in [-0.25, -0.2) is 4.79 Å².